The van der Waals surface area contributed by atoms with Gasteiger partial charge in [-0.15, -0.1) is 0 Å². The van der Waals surface area contributed by atoms with Gasteiger partial charge in [-0.05, 0) is 113 Å². The molecule has 2 heterocycles. The molecule has 0 aliphatic carbocycles. The molecule has 0 amide bonds. The first-order chi connectivity index (χ1) is 31.5. The number of aromatic nitrogens is 2. The molecule has 8 aromatic carbocycles. The summed E-state index contributed by atoms with van der Waals surface area (Å²) >= 11 is 0. The molecule has 0 saturated heterocycles. The van der Waals surface area contributed by atoms with Crippen molar-refractivity contribution in [2.45, 2.75) is 13.1 Å². The fourth-order valence-corrected chi connectivity index (χ4v) is 9.10. The highest BCUT2D eigenvalue weighted by Gasteiger charge is 2.32. The molecule has 2 aromatic heterocycles. The van der Waals surface area contributed by atoms with E-state index in [9.17, 15) is 29.0 Å². The molecular formula is C55H28F3N7. The topological polar surface area (TPSA) is 90.0 Å². The number of aryl methyl sites for hydroxylation is 1. The summed E-state index contributed by atoms with van der Waals surface area (Å²) in [6, 6.07) is 51.0. The smallest absolute Gasteiger partial charge is 0.308 e. The van der Waals surface area contributed by atoms with Gasteiger partial charge < -0.3 is 9.13 Å². The Labute approximate surface area is 370 Å². The van der Waals surface area contributed by atoms with Gasteiger partial charge in [-0.2, -0.15) is 29.0 Å². The molecule has 0 saturated carbocycles. The maximum atomic E-state index is 14.8. The number of fused-ring (bicyclic) bond motifs is 6. The van der Waals surface area contributed by atoms with E-state index in [2.05, 4.69) is 27.9 Å². The van der Waals surface area contributed by atoms with Gasteiger partial charge in [0.05, 0.1) is 87.0 Å². The highest BCUT2D eigenvalue weighted by Crippen LogP contribution is 2.46. The van der Waals surface area contributed by atoms with E-state index in [0.29, 0.717) is 67.2 Å². The quantitative estimate of drug-likeness (QED) is 0.162. The summed E-state index contributed by atoms with van der Waals surface area (Å²) in [5.74, 6) is 0. The first kappa shape index (κ1) is 39.7. The summed E-state index contributed by atoms with van der Waals surface area (Å²) < 4.78 is 48.3. The summed E-state index contributed by atoms with van der Waals surface area (Å²) in [5.41, 5.74) is 8.56. The van der Waals surface area contributed by atoms with Crippen LogP contribution in [0.25, 0.3) is 98.1 Å². The van der Waals surface area contributed by atoms with Crippen LogP contribution in [0, 0.1) is 54.1 Å². The molecule has 0 aliphatic rings. The number of hydrogen-bond acceptors (Lipinski definition) is 3. The van der Waals surface area contributed by atoms with Gasteiger partial charge in [0.15, 0.2) is 11.4 Å². The van der Waals surface area contributed by atoms with Crippen molar-refractivity contribution < 1.29 is 13.2 Å². The number of para-hydroxylation sites is 2. The van der Waals surface area contributed by atoms with Crippen LogP contribution >= 0.6 is 0 Å². The maximum Gasteiger partial charge on any atom is 0.416 e. The van der Waals surface area contributed by atoms with Crippen LogP contribution in [-0.2, 0) is 6.18 Å². The Balaban J connectivity index is 1.32. The van der Waals surface area contributed by atoms with E-state index in [-0.39, 0.29) is 11.1 Å². The lowest BCUT2D eigenvalue weighted by atomic mass is 9.94. The van der Waals surface area contributed by atoms with Gasteiger partial charge in [-0.3, -0.25) is 0 Å². The monoisotopic (exact) mass is 843 g/mol. The van der Waals surface area contributed by atoms with Crippen molar-refractivity contribution in [3.05, 3.63) is 202 Å². The minimum Gasteiger partial charge on any atom is -0.308 e. The van der Waals surface area contributed by atoms with Crippen LogP contribution in [0.3, 0.4) is 0 Å². The van der Waals surface area contributed by atoms with Crippen LogP contribution in [0.15, 0.2) is 152 Å². The van der Waals surface area contributed by atoms with E-state index in [1.165, 1.54) is 0 Å². The third-order valence-electron chi connectivity index (χ3n) is 11.9. The lowest BCUT2D eigenvalue weighted by Gasteiger charge is -2.22. The zero-order chi connectivity index (χ0) is 45.1. The van der Waals surface area contributed by atoms with Crippen molar-refractivity contribution in [2.24, 2.45) is 0 Å². The Bertz CT molecular complexity index is 3690. The van der Waals surface area contributed by atoms with Crippen LogP contribution in [0.1, 0.15) is 27.8 Å². The van der Waals surface area contributed by atoms with Gasteiger partial charge in [0.2, 0.25) is 0 Å². The molecule has 7 nitrogen and oxygen atoms in total. The minimum absolute atomic E-state index is 0.269. The van der Waals surface area contributed by atoms with Crippen molar-refractivity contribution in [3.63, 3.8) is 0 Å². The third-order valence-corrected chi connectivity index (χ3v) is 11.9. The molecule has 0 aliphatic heterocycles. The zero-order valence-electron chi connectivity index (χ0n) is 34.2. The van der Waals surface area contributed by atoms with E-state index in [0.717, 1.165) is 55.8 Å². The Hall–Kier alpha value is -9.40. The van der Waals surface area contributed by atoms with Crippen molar-refractivity contribution in [1.82, 2.24) is 9.13 Å². The normalized spacial score (nSPS) is 11.3. The summed E-state index contributed by atoms with van der Waals surface area (Å²) in [5, 5.41) is 33.7. The second kappa shape index (κ2) is 15.2. The van der Waals surface area contributed by atoms with Gasteiger partial charge in [0.1, 0.15) is 0 Å². The third kappa shape index (κ3) is 6.49. The highest BCUT2D eigenvalue weighted by molar-refractivity contribution is 6.13. The van der Waals surface area contributed by atoms with Crippen LogP contribution in [0.2, 0.25) is 0 Å². The van der Waals surface area contributed by atoms with Crippen molar-refractivity contribution in [1.29, 1.82) is 15.8 Å². The van der Waals surface area contributed by atoms with Gasteiger partial charge in [0, 0.05) is 27.1 Å². The van der Waals surface area contributed by atoms with Gasteiger partial charge in [0.25, 0.3) is 0 Å². The van der Waals surface area contributed by atoms with Crippen molar-refractivity contribution in [3.8, 4) is 63.0 Å². The average Bonchev–Trinajstić information content (AvgIpc) is 3.84. The van der Waals surface area contributed by atoms with E-state index >= 15 is 0 Å². The molecule has 0 radical (unpaired) electrons. The second-order valence-corrected chi connectivity index (χ2v) is 15.7. The predicted octanol–water partition coefficient (Wildman–Crippen LogP) is 14.9. The maximum absolute atomic E-state index is 14.8. The van der Waals surface area contributed by atoms with Gasteiger partial charge in [-0.25, -0.2) is 9.69 Å². The minimum atomic E-state index is -4.66. The van der Waals surface area contributed by atoms with E-state index in [4.69, 9.17) is 13.1 Å². The lowest BCUT2D eigenvalue weighted by molar-refractivity contribution is -0.137. The summed E-state index contributed by atoms with van der Waals surface area (Å²) in [6.07, 6.45) is -4.66. The largest absolute Gasteiger partial charge is 0.416 e. The van der Waals surface area contributed by atoms with Crippen molar-refractivity contribution in [2.75, 3.05) is 0 Å². The summed E-state index contributed by atoms with van der Waals surface area (Å²) in [7, 11) is 0. The Morgan fingerprint density at radius 2 is 1.08 bits per heavy atom. The molecule has 10 heteroatoms. The first-order valence-corrected chi connectivity index (χ1v) is 20.2. The SMILES string of the molecule is [C-]#[N+]c1ccc(-c2ccc3c(c2)c2ccccc2n3-c2cc(C#N)cc(-n3c4ccccc4c4cc(-c5ccc(C#N)cc5C#N)ccc43)c2-c2cc(C)cc(C(F)(F)F)c2)c([N+]#[C-])c1. The standard InChI is InChI=1S/C55H28F3N7/c1-32-20-37(25-39(21-32)55(56,57)58)54-52(64-48-10-6-4-8-43(48)45-26-35(13-18-50(45)64)41-16-12-33(29-59)22-38(41)31-61)23-34(30-60)24-53(54)65-49-11-7-5-9-44(49)46-27-36(14-19-51(46)65)42-17-15-40(62-2)28-47(42)63-3/h4-28H,1H3. The van der Waals surface area contributed by atoms with E-state index < -0.39 is 11.7 Å². The Morgan fingerprint density at radius 1 is 0.508 bits per heavy atom. The molecule has 0 atom stereocenters. The van der Waals surface area contributed by atoms with Crippen LogP contribution in [0.4, 0.5) is 24.5 Å². The second-order valence-electron chi connectivity index (χ2n) is 15.7. The van der Waals surface area contributed by atoms with Crippen LogP contribution in [-0.4, -0.2) is 9.13 Å². The average molecular weight is 844 g/mol. The first-order valence-electron chi connectivity index (χ1n) is 20.2. The molecule has 0 fully saturated rings. The molecule has 0 N–H and O–H groups in total. The molecule has 10 rings (SSSR count). The number of nitrogens with zero attached hydrogens (tertiary/aromatic N) is 7. The highest BCUT2D eigenvalue weighted by atomic mass is 19.4. The van der Waals surface area contributed by atoms with E-state index in [1.54, 1.807) is 61.5 Å². The molecule has 0 spiro atoms. The summed E-state index contributed by atoms with van der Waals surface area (Å²) in [4.78, 5) is 7.22. The number of rotatable bonds is 5. The number of hydrogen-bond donors (Lipinski definition) is 0. The van der Waals surface area contributed by atoms with E-state index in [1.807, 2.05) is 94.1 Å². The number of nitriles is 3. The predicted molar refractivity (Wildman–Crippen MR) is 248 cm³/mol. The number of benzene rings is 8. The number of alkyl halides is 3. The van der Waals surface area contributed by atoms with Crippen LogP contribution in [0.5, 0.6) is 0 Å². The van der Waals surface area contributed by atoms with Gasteiger partial charge >= 0.3 is 6.18 Å². The molecular weight excluding hydrogens is 816 g/mol. The Kier molecular flexibility index (Phi) is 9.29. The van der Waals surface area contributed by atoms with Crippen molar-refractivity contribution >= 4 is 55.0 Å². The Morgan fingerprint density at radius 3 is 1.63 bits per heavy atom. The zero-order valence-corrected chi connectivity index (χ0v) is 34.2. The number of halogens is 3. The fraction of sp³-hybridized carbons (Fsp3) is 0.0364. The van der Waals surface area contributed by atoms with Crippen LogP contribution < -0.4 is 0 Å². The molecule has 65 heavy (non-hydrogen) atoms. The molecule has 10 aromatic rings. The fourth-order valence-electron chi connectivity index (χ4n) is 9.10. The lowest BCUT2D eigenvalue weighted by Crippen LogP contribution is -2.08. The molecule has 0 bridgehead atoms. The van der Waals surface area contributed by atoms with Gasteiger partial charge in [-0.1, -0.05) is 78.9 Å². The molecule has 304 valence electrons. The molecule has 0 unspecified atom stereocenters. The summed E-state index contributed by atoms with van der Waals surface area (Å²) in [6.45, 7) is 17.0.